The van der Waals surface area contributed by atoms with Crippen LogP contribution < -0.4 is 10.6 Å². The van der Waals surface area contributed by atoms with Crippen LogP contribution in [0.5, 0.6) is 0 Å². The lowest BCUT2D eigenvalue weighted by Crippen LogP contribution is -2.36. The van der Waals surface area contributed by atoms with Crippen LogP contribution >= 0.6 is 6.04 Å². The van der Waals surface area contributed by atoms with Gasteiger partial charge >= 0.3 is 0 Å². The molecule has 4 aromatic carbocycles. The van der Waals surface area contributed by atoms with Crippen molar-refractivity contribution in [1.29, 1.82) is 0 Å². The Morgan fingerprint density at radius 3 is 1.81 bits per heavy atom. The summed E-state index contributed by atoms with van der Waals surface area (Å²) >= 11 is 6.98. The van der Waals surface area contributed by atoms with E-state index in [1.54, 1.807) is 0 Å². The highest BCUT2D eigenvalue weighted by Crippen LogP contribution is 2.64. The lowest BCUT2D eigenvalue weighted by Gasteiger charge is -2.43. The molecule has 0 amide bonds. The summed E-state index contributed by atoms with van der Waals surface area (Å²) in [6.45, 7) is 7.30. The molecule has 32 heavy (non-hydrogen) atoms. The van der Waals surface area contributed by atoms with Crippen LogP contribution in [0.1, 0.15) is 40.0 Å². The van der Waals surface area contributed by atoms with Gasteiger partial charge in [0.2, 0.25) is 0 Å². The first-order chi connectivity index (χ1) is 15.5. The Bertz CT molecular complexity index is 1310. The summed E-state index contributed by atoms with van der Waals surface area (Å²) in [5.74, 6) is 2.16. The standard InChI is InChI=1S/C30H31PS/c1-19(2)23-15-12-20(3)18-28(23)31(32)26-16-13-21-8-4-6-10-24(21)29(26)30-25-11-7-5-9-22(25)14-17-27(30)31/h4-11,13-14,16-17,19-20,23,28H,12,15,18H2,1-3H3. The van der Waals surface area contributed by atoms with Crippen LogP contribution in [0.3, 0.4) is 0 Å². The molecular formula is C30H31PS. The van der Waals surface area contributed by atoms with Gasteiger partial charge in [-0.05, 0) is 79.5 Å². The molecule has 4 aromatic rings. The molecule has 0 N–H and O–H groups in total. The summed E-state index contributed by atoms with van der Waals surface area (Å²) in [4.78, 5) is 0. The van der Waals surface area contributed by atoms with Crippen LogP contribution in [0.2, 0.25) is 0 Å². The molecule has 3 atom stereocenters. The second kappa shape index (κ2) is 7.54. The molecule has 1 saturated carbocycles. The van der Waals surface area contributed by atoms with Gasteiger partial charge in [-0.1, -0.05) is 112 Å². The van der Waals surface area contributed by atoms with Gasteiger partial charge in [0.15, 0.2) is 0 Å². The molecule has 0 spiro atoms. The molecule has 0 aromatic heterocycles. The third-order valence-electron chi connectivity index (χ3n) is 8.23. The lowest BCUT2D eigenvalue weighted by molar-refractivity contribution is 0.242. The molecule has 1 aliphatic carbocycles. The Balaban J connectivity index is 1.74. The van der Waals surface area contributed by atoms with Crippen molar-refractivity contribution in [1.82, 2.24) is 0 Å². The van der Waals surface area contributed by atoms with Crippen LogP contribution in [-0.4, -0.2) is 5.66 Å². The molecule has 0 radical (unpaired) electrons. The van der Waals surface area contributed by atoms with Gasteiger partial charge < -0.3 is 0 Å². The molecule has 0 saturated heterocycles. The zero-order valence-corrected chi connectivity index (χ0v) is 20.9. The van der Waals surface area contributed by atoms with Crippen LogP contribution in [0.25, 0.3) is 32.7 Å². The van der Waals surface area contributed by atoms with Crippen molar-refractivity contribution in [2.45, 2.75) is 45.7 Å². The van der Waals surface area contributed by atoms with Gasteiger partial charge in [-0.3, -0.25) is 0 Å². The second-order valence-corrected chi connectivity index (χ2v) is 15.1. The molecule has 6 rings (SSSR count). The highest BCUT2D eigenvalue weighted by molar-refractivity contribution is 8.22. The minimum atomic E-state index is -1.95. The quantitative estimate of drug-likeness (QED) is 0.278. The monoisotopic (exact) mass is 454 g/mol. The Hall–Kier alpha value is -1.95. The first kappa shape index (κ1) is 20.6. The predicted molar refractivity (Wildman–Crippen MR) is 146 cm³/mol. The van der Waals surface area contributed by atoms with Crippen LogP contribution in [0, 0.1) is 17.8 Å². The fourth-order valence-corrected chi connectivity index (χ4v) is 12.7. The summed E-state index contributed by atoms with van der Waals surface area (Å²) in [7, 11) is 0. The average molecular weight is 455 g/mol. The number of rotatable bonds is 2. The Labute approximate surface area is 197 Å². The van der Waals surface area contributed by atoms with E-state index in [0.717, 1.165) is 5.92 Å². The zero-order chi connectivity index (χ0) is 22.0. The third kappa shape index (κ3) is 2.84. The van der Waals surface area contributed by atoms with Gasteiger partial charge in [0.05, 0.1) is 0 Å². The summed E-state index contributed by atoms with van der Waals surface area (Å²) < 4.78 is 0. The van der Waals surface area contributed by atoms with Crippen LogP contribution in [0.15, 0.2) is 72.8 Å². The van der Waals surface area contributed by atoms with Gasteiger partial charge in [0.1, 0.15) is 0 Å². The van der Waals surface area contributed by atoms with E-state index in [9.17, 15) is 0 Å². The van der Waals surface area contributed by atoms with Crippen molar-refractivity contribution in [2.24, 2.45) is 17.8 Å². The Morgan fingerprint density at radius 1 is 0.750 bits per heavy atom. The smallest absolute Gasteiger partial charge is 0.0150 e. The first-order valence-corrected chi connectivity index (χ1v) is 15.0. The molecular weight excluding hydrogens is 423 g/mol. The van der Waals surface area contributed by atoms with E-state index < -0.39 is 6.04 Å². The van der Waals surface area contributed by atoms with Gasteiger partial charge in [-0.2, -0.15) is 0 Å². The molecule has 1 heterocycles. The largest absolute Gasteiger partial charge is 0.0873 e. The molecule has 0 nitrogen and oxygen atoms in total. The summed E-state index contributed by atoms with van der Waals surface area (Å²) in [5.41, 5.74) is 3.49. The predicted octanol–water partition coefficient (Wildman–Crippen LogP) is 7.86. The maximum atomic E-state index is 6.98. The van der Waals surface area contributed by atoms with E-state index >= 15 is 0 Å². The first-order valence-electron chi connectivity index (χ1n) is 12.1. The average Bonchev–Trinajstić information content (AvgIpc) is 3.09. The maximum Gasteiger partial charge on any atom is 0.0150 e. The Kier molecular flexibility index (Phi) is 4.87. The highest BCUT2D eigenvalue weighted by atomic mass is 32.4. The van der Waals surface area contributed by atoms with Crippen LogP contribution in [-0.2, 0) is 11.8 Å². The molecule has 3 unspecified atom stereocenters. The summed E-state index contributed by atoms with van der Waals surface area (Å²) in [5, 5.41) is 8.38. The van der Waals surface area contributed by atoms with E-state index in [0.29, 0.717) is 17.5 Å². The SMILES string of the molecule is CC1CCC(C(C)C)C(P2(=S)c3ccc4ccccc4c3-c3c2ccc2ccccc32)C1. The number of fused-ring (bicyclic) bond motifs is 7. The van der Waals surface area contributed by atoms with Crippen molar-refractivity contribution in [3.8, 4) is 11.1 Å². The van der Waals surface area contributed by atoms with E-state index in [-0.39, 0.29) is 0 Å². The van der Waals surface area contributed by atoms with Gasteiger partial charge in [0.25, 0.3) is 0 Å². The summed E-state index contributed by atoms with van der Waals surface area (Å²) in [6.07, 6.45) is 3.95. The second-order valence-electron chi connectivity index (χ2n) is 10.4. The number of benzene rings is 4. The highest BCUT2D eigenvalue weighted by Gasteiger charge is 2.47. The van der Waals surface area contributed by atoms with Crippen molar-refractivity contribution < 1.29 is 0 Å². The molecule has 0 bridgehead atoms. The van der Waals surface area contributed by atoms with Crippen molar-refractivity contribution in [3.05, 3.63) is 72.8 Å². The van der Waals surface area contributed by atoms with E-state index in [1.165, 1.54) is 62.5 Å². The van der Waals surface area contributed by atoms with Crippen molar-refractivity contribution in [3.63, 3.8) is 0 Å². The van der Waals surface area contributed by atoms with Gasteiger partial charge in [-0.15, -0.1) is 0 Å². The molecule has 162 valence electrons. The van der Waals surface area contributed by atoms with Crippen LogP contribution in [0.4, 0.5) is 0 Å². The lowest BCUT2D eigenvalue weighted by atomic mass is 9.77. The zero-order valence-electron chi connectivity index (χ0n) is 19.2. The van der Waals surface area contributed by atoms with E-state index in [2.05, 4.69) is 93.6 Å². The molecule has 2 aliphatic rings. The van der Waals surface area contributed by atoms with Crippen molar-refractivity contribution >= 4 is 50.0 Å². The summed E-state index contributed by atoms with van der Waals surface area (Å²) in [6, 6.07) is 25.4. The fourth-order valence-electron chi connectivity index (χ4n) is 6.66. The van der Waals surface area contributed by atoms with E-state index in [4.69, 9.17) is 11.8 Å². The minimum absolute atomic E-state index is 0.601. The normalized spacial score (nSPS) is 24.1. The molecule has 2 heteroatoms. The van der Waals surface area contributed by atoms with Gasteiger partial charge in [0, 0.05) is 6.04 Å². The Morgan fingerprint density at radius 2 is 1.28 bits per heavy atom. The van der Waals surface area contributed by atoms with Gasteiger partial charge in [-0.25, -0.2) is 0 Å². The number of hydrogen-bond acceptors (Lipinski definition) is 1. The third-order valence-corrected chi connectivity index (χ3v) is 13.9. The molecule has 1 aliphatic heterocycles. The van der Waals surface area contributed by atoms with E-state index in [1.807, 2.05) is 0 Å². The number of hydrogen-bond donors (Lipinski definition) is 0. The fraction of sp³-hybridized carbons (Fsp3) is 0.333. The maximum absolute atomic E-state index is 6.98. The topological polar surface area (TPSA) is 0 Å². The molecule has 1 fully saturated rings. The van der Waals surface area contributed by atoms with Crippen molar-refractivity contribution in [2.75, 3.05) is 0 Å². The minimum Gasteiger partial charge on any atom is -0.0873 e.